The summed E-state index contributed by atoms with van der Waals surface area (Å²) in [6, 6.07) is 11.5. The van der Waals surface area contributed by atoms with Gasteiger partial charge < -0.3 is 10.6 Å². The molecule has 0 spiro atoms. The highest BCUT2D eigenvalue weighted by molar-refractivity contribution is 6.31. The van der Waals surface area contributed by atoms with E-state index in [0.29, 0.717) is 22.5 Å². The summed E-state index contributed by atoms with van der Waals surface area (Å²) in [6.07, 6.45) is 1.51. The first kappa shape index (κ1) is 15.2. The molecule has 5 nitrogen and oxygen atoms in total. The molecular weight excluding hydrogens is 317 g/mol. The van der Waals surface area contributed by atoms with Crippen molar-refractivity contribution in [2.75, 3.05) is 10.6 Å². The molecule has 7 heteroatoms. The second kappa shape index (κ2) is 6.58. The van der Waals surface area contributed by atoms with E-state index in [-0.39, 0.29) is 5.82 Å². The van der Waals surface area contributed by atoms with E-state index in [1.54, 1.807) is 12.1 Å². The largest absolute Gasteiger partial charge is 0.339 e. The molecule has 0 bridgehead atoms. The van der Waals surface area contributed by atoms with Gasteiger partial charge in [0.1, 0.15) is 5.82 Å². The number of nitrogens with one attached hydrogen (secondary N) is 2. The Morgan fingerprint density at radius 1 is 1.04 bits per heavy atom. The number of nitrogens with zero attached hydrogens (tertiary/aromatic N) is 3. The SMILES string of the molecule is Cc1c(Cl)cccc1Nc1cnnc(Nc2ccc(F)cc2)n1. The zero-order valence-electron chi connectivity index (χ0n) is 12.2. The third kappa shape index (κ3) is 3.73. The maximum absolute atomic E-state index is 12.9. The Kier molecular flexibility index (Phi) is 4.34. The van der Waals surface area contributed by atoms with Crippen molar-refractivity contribution < 1.29 is 4.39 Å². The highest BCUT2D eigenvalue weighted by Crippen LogP contribution is 2.25. The van der Waals surface area contributed by atoms with Gasteiger partial charge in [0.05, 0.1) is 6.20 Å². The van der Waals surface area contributed by atoms with Crippen molar-refractivity contribution in [2.24, 2.45) is 0 Å². The molecule has 0 aliphatic carbocycles. The van der Waals surface area contributed by atoms with Crippen molar-refractivity contribution >= 4 is 34.7 Å². The molecule has 3 rings (SSSR count). The summed E-state index contributed by atoms with van der Waals surface area (Å²) in [5, 5.41) is 14.6. The Hall–Kier alpha value is -2.73. The van der Waals surface area contributed by atoms with Crippen LogP contribution >= 0.6 is 11.6 Å². The summed E-state index contributed by atoms with van der Waals surface area (Å²) < 4.78 is 12.9. The van der Waals surface area contributed by atoms with Crippen LogP contribution in [0.15, 0.2) is 48.7 Å². The van der Waals surface area contributed by atoms with Gasteiger partial charge in [-0.25, -0.2) is 4.39 Å². The van der Waals surface area contributed by atoms with Crippen molar-refractivity contribution in [1.29, 1.82) is 0 Å². The van der Waals surface area contributed by atoms with Crippen molar-refractivity contribution in [3.8, 4) is 0 Å². The van der Waals surface area contributed by atoms with E-state index in [1.807, 2.05) is 25.1 Å². The minimum Gasteiger partial charge on any atom is -0.339 e. The van der Waals surface area contributed by atoms with Gasteiger partial charge in [0.25, 0.3) is 0 Å². The van der Waals surface area contributed by atoms with Crippen molar-refractivity contribution in [2.45, 2.75) is 6.92 Å². The lowest BCUT2D eigenvalue weighted by molar-refractivity contribution is 0.628. The zero-order chi connectivity index (χ0) is 16.2. The lowest BCUT2D eigenvalue weighted by Gasteiger charge is -2.10. The number of benzene rings is 2. The highest BCUT2D eigenvalue weighted by Gasteiger charge is 2.05. The van der Waals surface area contributed by atoms with Crippen LogP contribution in [0, 0.1) is 12.7 Å². The van der Waals surface area contributed by atoms with Gasteiger partial charge in [0.2, 0.25) is 5.95 Å². The van der Waals surface area contributed by atoms with E-state index in [4.69, 9.17) is 11.6 Å². The maximum Gasteiger partial charge on any atom is 0.249 e. The van der Waals surface area contributed by atoms with Crippen LogP contribution in [0.2, 0.25) is 5.02 Å². The Bertz CT molecular complexity index is 823. The summed E-state index contributed by atoms with van der Waals surface area (Å²) >= 11 is 6.10. The predicted molar refractivity (Wildman–Crippen MR) is 89.0 cm³/mol. The number of aromatic nitrogens is 3. The molecule has 0 saturated carbocycles. The molecule has 0 unspecified atom stereocenters. The predicted octanol–water partition coefficient (Wildman–Crippen LogP) is 4.46. The van der Waals surface area contributed by atoms with Crippen molar-refractivity contribution in [1.82, 2.24) is 15.2 Å². The fraction of sp³-hybridized carbons (Fsp3) is 0.0625. The molecule has 0 radical (unpaired) electrons. The van der Waals surface area contributed by atoms with E-state index in [1.165, 1.54) is 18.3 Å². The summed E-state index contributed by atoms with van der Waals surface area (Å²) in [7, 11) is 0. The summed E-state index contributed by atoms with van der Waals surface area (Å²) in [6.45, 7) is 1.91. The van der Waals surface area contributed by atoms with Gasteiger partial charge in [-0.15, -0.1) is 5.10 Å². The fourth-order valence-electron chi connectivity index (χ4n) is 1.96. The first-order valence-corrected chi connectivity index (χ1v) is 7.24. The van der Waals surface area contributed by atoms with Crippen LogP contribution in [-0.4, -0.2) is 15.2 Å². The molecule has 0 aliphatic rings. The van der Waals surface area contributed by atoms with E-state index < -0.39 is 0 Å². The van der Waals surface area contributed by atoms with Gasteiger partial charge in [0.15, 0.2) is 5.82 Å². The molecular formula is C16H13ClFN5. The minimum atomic E-state index is -0.304. The quantitative estimate of drug-likeness (QED) is 0.740. The Balaban J connectivity index is 1.79. The second-order valence-corrected chi connectivity index (χ2v) is 5.24. The topological polar surface area (TPSA) is 62.7 Å². The van der Waals surface area contributed by atoms with Crippen LogP contribution in [0.25, 0.3) is 0 Å². The van der Waals surface area contributed by atoms with Crippen LogP contribution < -0.4 is 10.6 Å². The average Bonchev–Trinajstić information content (AvgIpc) is 2.54. The molecule has 3 aromatic rings. The first-order chi connectivity index (χ1) is 11.1. The van der Waals surface area contributed by atoms with Crippen LogP contribution in [0.1, 0.15) is 5.56 Å². The summed E-state index contributed by atoms with van der Waals surface area (Å²) in [4.78, 5) is 4.32. The van der Waals surface area contributed by atoms with E-state index in [2.05, 4.69) is 25.8 Å². The lowest BCUT2D eigenvalue weighted by Crippen LogP contribution is -2.03. The third-order valence-corrected chi connectivity index (χ3v) is 3.60. The molecule has 0 saturated heterocycles. The van der Waals surface area contributed by atoms with Gasteiger partial charge >= 0.3 is 0 Å². The van der Waals surface area contributed by atoms with Gasteiger partial charge in [-0.05, 0) is 48.9 Å². The monoisotopic (exact) mass is 329 g/mol. The van der Waals surface area contributed by atoms with Crippen LogP contribution in [0.5, 0.6) is 0 Å². The Morgan fingerprint density at radius 3 is 2.61 bits per heavy atom. The van der Waals surface area contributed by atoms with Crippen LogP contribution in [-0.2, 0) is 0 Å². The molecule has 116 valence electrons. The maximum atomic E-state index is 12.9. The van der Waals surface area contributed by atoms with Gasteiger partial charge in [-0.3, -0.25) is 0 Å². The smallest absolute Gasteiger partial charge is 0.249 e. The van der Waals surface area contributed by atoms with E-state index in [9.17, 15) is 4.39 Å². The molecule has 0 amide bonds. The molecule has 1 heterocycles. The number of halogens is 2. The van der Waals surface area contributed by atoms with E-state index >= 15 is 0 Å². The lowest BCUT2D eigenvalue weighted by atomic mass is 10.2. The van der Waals surface area contributed by atoms with Gasteiger partial charge in [-0.1, -0.05) is 17.7 Å². The number of rotatable bonds is 4. The number of hydrogen-bond acceptors (Lipinski definition) is 5. The zero-order valence-corrected chi connectivity index (χ0v) is 13.0. The normalized spacial score (nSPS) is 10.4. The standard InChI is InChI=1S/C16H13ClFN5/c1-10-13(17)3-2-4-14(10)21-15-9-19-23-16(22-15)20-12-7-5-11(18)6-8-12/h2-9H,1H3,(H2,20,21,22,23). The highest BCUT2D eigenvalue weighted by atomic mass is 35.5. The number of hydrogen-bond donors (Lipinski definition) is 2. The molecule has 2 N–H and O–H groups in total. The van der Waals surface area contributed by atoms with Crippen molar-refractivity contribution in [3.63, 3.8) is 0 Å². The molecule has 0 fully saturated rings. The number of anilines is 4. The average molecular weight is 330 g/mol. The van der Waals surface area contributed by atoms with Crippen molar-refractivity contribution in [3.05, 3.63) is 65.1 Å². The first-order valence-electron chi connectivity index (χ1n) is 6.86. The van der Waals surface area contributed by atoms with Gasteiger partial charge in [-0.2, -0.15) is 10.1 Å². The molecule has 0 atom stereocenters. The van der Waals surface area contributed by atoms with Crippen LogP contribution in [0.4, 0.5) is 27.5 Å². The minimum absolute atomic E-state index is 0.304. The summed E-state index contributed by atoms with van der Waals surface area (Å²) in [5.74, 6) is 0.526. The second-order valence-electron chi connectivity index (χ2n) is 4.83. The molecule has 0 aliphatic heterocycles. The third-order valence-electron chi connectivity index (χ3n) is 3.19. The van der Waals surface area contributed by atoms with Gasteiger partial charge in [0, 0.05) is 16.4 Å². The molecule has 2 aromatic carbocycles. The Labute approximate surface area is 137 Å². The van der Waals surface area contributed by atoms with E-state index in [0.717, 1.165) is 11.3 Å². The fourth-order valence-corrected chi connectivity index (χ4v) is 2.13. The Morgan fingerprint density at radius 2 is 1.83 bits per heavy atom. The molecule has 1 aromatic heterocycles. The molecule has 23 heavy (non-hydrogen) atoms. The van der Waals surface area contributed by atoms with Crippen LogP contribution in [0.3, 0.4) is 0 Å². The summed E-state index contributed by atoms with van der Waals surface area (Å²) in [5.41, 5.74) is 2.43.